The molecule has 0 radical (unpaired) electrons. The molecular weight excluding hydrogens is 204 g/mol. The number of hydrogen-bond acceptors (Lipinski definition) is 3. The summed E-state index contributed by atoms with van der Waals surface area (Å²) in [7, 11) is 0. The van der Waals surface area contributed by atoms with Crippen molar-refractivity contribution in [3.05, 3.63) is 29.8 Å². The molecule has 4 nitrogen and oxygen atoms in total. The second-order valence-corrected chi connectivity index (χ2v) is 3.78. The van der Waals surface area contributed by atoms with Crippen LogP contribution in [-0.2, 0) is 4.74 Å². The van der Waals surface area contributed by atoms with Crippen LogP contribution in [0.15, 0.2) is 24.3 Å². The average molecular weight is 216 g/mol. The van der Waals surface area contributed by atoms with E-state index in [1.54, 1.807) is 4.90 Å². The van der Waals surface area contributed by atoms with Gasteiger partial charge in [0.15, 0.2) is 6.10 Å². The Kier molecular flexibility index (Phi) is 2.78. The minimum Gasteiger partial charge on any atom is -0.430 e. The van der Waals surface area contributed by atoms with E-state index in [4.69, 9.17) is 10.00 Å². The third kappa shape index (κ3) is 1.98. The maximum absolute atomic E-state index is 11.6. The van der Waals surface area contributed by atoms with E-state index in [-0.39, 0.29) is 0 Å². The van der Waals surface area contributed by atoms with Crippen molar-refractivity contribution >= 4 is 11.8 Å². The number of carbonyl (C=O) groups is 1. The molecule has 0 bridgehead atoms. The number of cyclic esters (lactones) is 1. The molecule has 0 N–H and O–H groups in total. The largest absolute Gasteiger partial charge is 0.430 e. The summed E-state index contributed by atoms with van der Waals surface area (Å²) in [6.07, 6.45) is -0.494. The fourth-order valence-corrected chi connectivity index (χ4v) is 1.63. The van der Waals surface area contributed by atoms with Gasteiger partial charge in [-0.2, -0.15) is 5.26 Å². The molecular formula is C12H12N2O2. The number of nitriles is 1. The van der Waals surface area contributed by atoms with Crippen LogP contribution >= 0.6 is 0 Å². The van der Waals surface area contributed by atoms with Gasteiger partial charge in [0, 0.05) is 18.7 Å². The summed E-state index contributed by atoms with van der Waals surface area (Å²) in [6.45, 7) is 2.52. The van der Waals surface area contributed by atoms with E-state index in [1.165, 1.54) is 0 Å². The van der Waals surface area contributed by atoms with E-state index in [1.807, 2.05) is 37.3 Å². The first kappa shape index (κ1) is 10.5. The number of amides is 1. The summed E-state index contributed by atoms with van der Waals surface area (Å²) in [4.78, 5) is 13.2. The van der Waals surface area contributed by atoms with Crippen LogP contribution in [0.1, 0.15) is 12.0 Å². The number of anilines is 1. The van der Waals surface area contributed by atoms with E-state index < -0.39 is 12.2 Å². The molecule has 16 heavy (non-hydrogen) atoms. The van der Waals surface area contributed by atoms with Crippen LogP contribution in [0.25, 0.3) is 0 Å². The SMILES string of the molecule is Cc1ccc(N2CCC(C#N)OC2=O)cc1. The van der Waals surface area contributed by atoms with E-state index >= 15 is 0 Å². The molecule has 1 atom stereocenters. The van der Waals surface area contributed by atoms with Crippen LogP contribution < -0.4 is 4.90 Å². The van der Waals surface area contributed by atoms with Crippen LogP contribution in [0, 0.1) is 18.3 Å². The molecule has 1 amide bonds. The lowest BCUT2D eigenvalue weighted by Crippen LogP contribution is -2.41. The second kappa shape index (κ2) is 4.23. The van der Waals surface area contributed by atoms with Crippen molar-refractivity contribution in [1.29, 1.82) is 5.26 Å². The van der Waals surface area contributed by atoms with Crippen LogP contribution in [0.3, 0.4) is 0 Å². The Morgan fingerprint density at radius 1 is 1.44 bits per heavy atom. The second-order valence-electron chi connectivity index (χ2n) is 3.78. The molecule has 1 heterocycles. The predicted molar refractivity (Wildman–Crippen MR) is 59.0 cm³/mol. The molecule has 2 rings (SSSR count). The molecule has 0 saturated carbocycles. The number of aryl methyl sites for hydroxylation is 1. The number of nitrogens with zero attached hydrogens (tertiary/aromatic N) is 2. The van der Waals surface area contributed by atoms with Gasteiger partial charge in [0.2, 0.25) is 0 Å². The smallest absolute Gasteiger partial charge is 0.415 e. The minimum atomic E-state index is -0.603. The molecule has 1 unspecified atom stereocenters. The van der Waals surface area contributed by atoms with Gasteiger partial charge >= 0.3 is 6.09 Å². The molecule has 1 aromatic rings. The zero-order chi connectivity index (χ0) is 11.5. The minimum absolute atomic E-state index is 0.443. The normalized spacial score (nSPS) is 20.1. The van der Waals surface area contributed by atoms with E-state index in [0.29, 0.717) is 13.0 Å². The number of ether oxygens (including phenoxy) is 1. The number of carbonyl (C=O) groups excluding carboxylic acids is 1. The van der Waals surface area contributed by atoms with Gasteiger partial charge in [0.05, 0.1) is 0 Å². The maximum Gasteiger partial charge on any atom is 0.415 e. The summed E-state index contributed by atoms with van der Waals surface area (Å²) in [5, 5.41) is 8.66. The summed E-state index contributed by atoms with van der Waals surface area (Å²) < 4.78 is 4.96. The Morgan fingerprint density at radius 2 is 2.12 bits per heavy atom. The van der Waals surface area contributed by atoms with E-state index in [9.17, 15) is 4.79 Å². The lowest BCUT2D eigenvalue weighted by molar-refractivity contribution is 0.111. The summed E-state index contributed by atoms with van der Waals surface area (Å²) in [6, 6.07) is 9.59. The van der Waals surface area contributed by atoms with Gasteiger partial charge in [-0.15, -0.1) is 0 Å². The molecule has 82 valence electrons. The standard InChI is InChI=1S/C12H12N2O2/c1-9-2-4-10(5-3-9)14-7-6-11(8-13)16-12(14)15/h2-5,11H,6-7H2,1H3. The zero-order valence-electron chi connectivity index (χ0n) is 9.01. The Labute approximate surface area is 94.0 Å². The number of benzene rings is 1. The molecule has 1 aliphatic heterocycles. The molecule has 1 saturated heterocycles. The van der Waals surface area contributed by atoms with Gasteiger partial charge in [-0.3, -0.25) is 4.90 Å². The van der Waals surface area contributed by atoms with Crippen molar-refractivity contribution in [1.82, 2.24) is 0 Å². The van der Waals surface area contributed by atoms with Gasteiger partial charge in [0.1, 0.15) is 6.07 Å². The van der Waals surface area contributed by atoms with Gasteiger partial charge < -0.3 is 4.74 Å². The highest BCUT2D eigenvalue weighted by molar-refractivity contribution is 5.88. The molecule has 4 heteroatoms. The first-order valence-corrected chi connectivity index (χ1v) is 5.15. The van der Waals surface area contributed by atoms with E-state index in [0.717, 1.165) is 11.3 Å². The fraction of sp³-hybridized carbons (Fsp3) is 0.333. The Bertz CT molecular complexity index is 433. The highest BCUT2D eigenvalue weighted by Gasteiger charge is 2.27. The monoisotopic (exact) mass is 216 g/mol. The lowest BCUT2D eigenvalue weighted by atomic mass is 10.2. The van der Waals surface area contributed by atoms with Crippen molar-refractivity contribution in [3.8, 4) is 6.07 Å². The van der Waals surface area contributed by atoms with Crippen molar-refractivity contribution in [3.63, 3.8) is 0 Å². The fourth-order valence-electron chi connectivity index (χ4n) is 1.63. The van der Waals surface area contributed by atoms with Gasteiger partial charge in [-0.05, 0) is 19.1 Å². The van der Waals surface area contributed by atoms with Crippen molar-refractivity contribution in [2.45, 2.75) is 19.4 Å². The third-order valence-corrected chi connectivity index (χ3v) is 2.57. The Morgan fingerprint density at radius 3 is 2.69 bits per heavy atom. The zero-order valence-corrected chi connectivity index (χ0v) is 9.01. The van der Waals surface area contributed by atoms with Gasteiger partial charge in [0.25, 0.3) is 0 Å². The highest BCUT2D eigenvalue weighted by atomic mass is 16.6. The first-order chi connectivity index (χ1) is 7.70. The summed E-state index contributed by atoms with van der Waals surface area (Å²) >= 11 is 0. The topological polar surface area (TPSA) is 53.3 Å². The van der Waals surface area contributed by atoms with E-state index in [2.05, 4.69) is 0 Å². The maximum atomic E-state index is 11.6. The molecule has 1 aliphatic rings. The van der Waals surface area contributed by atoms with Crippen LogP contribution in [0.2, 0.25) is 0 Å². The highest BCUT2D eigenvalue weighted by Crippen LogP contribution is 2.21. The van der Waals surface area contributed by atoms with Crippen molar-refractivity contribution in [2.24, 2.45) is 0 Å². The molecule has 0 spiro atoms. The molecule has 1 aromatic carbocycles. The van der Waals surface area contributed by atoms with Gasteiger partial charge in [-0.1, -0.05) is 17.7 Å². The van der Waals surface area contributed by atoms with Gasteiger partial charge in [-0.25, -0.2) is 4.79 Å². The number of rotatable bonds is 1. The molecule has 1 fully saturated rings. The number of hydrogen-bond donors (Lipinski definition) is 0. The predicted octanol–water partition coefficient (Wildman–Crippen LogP) is 2.23. The van der Waals surface area contributed by atoms with Crippen LogP contribution in [-0.4, -0.2) is 18.7 Å². The lowest BCUT2D eigenvalue weighted by Gasteiger charge is -2.28. The molecule has 0 aliphatic carbocycles. The Hall–Kier alpha value is -2.02. The van der Waals surface area contributed by atoms with Crippen LogP contribution in [0.4, 0.5) is 10.5 Å². The van der Waals surface area contributed by atoms with Crippen molar-refractivity contribution in [2.75, 3.05) is 11.4 Å². The van der Waals surface area contributed by atoms with Crippen molar-refractivity contribution < 1.29 is 9.53 Å². The summed E-state index contributed by atoms with van der Waals surface area (Å²) in [5.74, 6) is 0. The third-order valence-electron chi connectivity index (χ3n) is 2.57. The first-order valence-electron chi connectivity index (χ1n) is 5.15. The van der Waals surface area contributed by atoms with Crippen LogP contribution in [0.5, 0.6) is 0 Å². The average Bonchev–Trinajstić information content (AvgIpc) is 2.30. The quantitative estimate of drug-likeness (QED) is 0.723. The molecule has 0 aromatic heterocycles. The summed E-state index contributed by atoms with van der Waals surface area (Å²) in [5.41, 5.74) is 1.95. The Balaban J connectivity index is 2.15.